The predicted molar refractivity (Wildman–Crippen MR) is 84.8 cm³/mol. The van der Waals surface area contributed by atoms with Gasteiger partial charge in [-0.25, -0.2) is 0 Å². The Morgan fingerprint density at radius 3 is 2.80 bits per heavy atom. The first-order valence-electron chi connectivity index (χ1n) is 7.38. The number of rotatable bonds is 5. The van der Waals surface area contributed by atoms with Crippen molar-refractivity contribution in [1.29, 1.82) is 0 Å². The molecule has 1 aliphatic carbocycles. The lowest BCUT2D eigenvalue weighted by Gasteiger charge is -2.34. The molecule has 0 spiro atoms. The highest BCUT2D eigenvalue weighted by Crippen LogP contribution is 2.35. The standard InChI is InChI=1S/C16H25NO2S/c1-5-17-16-14-10-13(19-4)8-6-12(14)7-9-15(16)20(18)11(2)3/h6,8,10-11,15-17H,5,7,9H2,1-4H3. The molecule has 0 saturated heterocycles. The van der Waals surface area contributed by atoms with Crippen LogP contribution in [-0.4, -0.2) is 28.4 Å². The summed E-state index contributed by atoms with van der Waals surface area (Å²) in [4.78, 5) is 0. The van der Waals surface area contributed by atoms with E-state index < -0.39 is 10.8 Å². The third-order valence-corrected chi connectivity index (χ3v) is 5.98. The number of nitrogens with one attached hydrogen (secondary N) is 1. The van der Waals surface area contributed by atoms with E-state index >= 15 is 0 Å². The maximum Gasteiger partial charge on any atom is 0.119 e. The van der Waals surface area contributed by atoms with Gasteiger partial charge in [0.15, 0.2) is 0 Å². The molecule has 0 aliphatic heterocycles. The molecule has 1 N–H and O–H groups in total. The van der Waals surface area contributed by atoms with Gasteiger partial charge in [0.25, 0.3) is 0 Å². The summed E-state index contributed by atoms with van der Waals surface area (Å²) in [5.41, 5.74) is 2.62. The smallest absolute Gasteiger partial charge is 0.119 e. The van der Waals surface area contributed by atoms with E-state index in [-0.39, 0.29) is 16.5 Å². The fourth-order valence-corrected chi connectivity index (χ4v) is 4.50. The summed E-state index contributed by atoms with van der Waals surface area (Å²) < 4.78 is 17.9. The SMILES string of the molecule is CCNC1c2cc(OC)ccc2CCC1S(=O)C(C)C. The molecular weight excluding hydrogens is 270 g/mol. The minimum Gasteiger partial charge on any atom is -0.497 e. The Morgan fingerprint density at radius 1 is 1.45 bits per heavy atom. The molecule has 2 rings (SSSR count). The van der Waals surface area contributed by atoms with Crippen LogP contribution in [0.3, 0.4) is 0 Å². The van der Waals surface area contributed by atoms with Crippen LogP contribution in [0.2, 0.25) is 0 Å². The maximum atomic E-state index is 12.6. The lowest BCUT2D eigenvalue weighted by atomic mass is 9.87. The third-order valence-electron chi connectivity index (χ3n) is 3.95. The zero-order chi connectivity index (χ0) is 14.7. The molecule has 0 heterocycles. The van der Waals surface area contributed by atoms with Crippen LogP contribution in [0.5, 0.6) is 5.75 Å². The Morgan fingerprint density at radius 2 is 2.20 bits per heavy atom. The Kier molecular flexibility index (Phi) is 5.22. The van der Waals surface area contributed by atoms with Crippen LogP contribution in [0, 0.1) is 0 Å². The largest absolute Gasteiger partial charge is 0.497 e. The van der Waals surface area contributed by atoms with E-state index in [1.165, 1.54) is 11.1 Å². The maximum absolute atomic E-state index is 12.6. The van der Waals surface area contributed by atoms with Crippen molar-refractivity contribution in [2.24, 2.45) is 0 Å². The summed E-state index contributed by atoms with van der Waals surface area (Å²) in [7, 11) is 0.882. The number of ether oxygens (including phenoxy) is 1. The van der Waals surface area contributed by atoms with Crippen molar-refractivity contribution in [3.05, 3.63) is 29.3 Å². The first kappa shape index (κ1) is 15.5. The van der Waals surface area contributed by atoms with Crippen molar-refractivity contribution in [2.75, 3.05) is 13.7 Å². The minimum absolute atomic E-state index is 0.169. The molecule has 4 heteroatoms. The normalized spacial score (nSPS) is 23.4. The van der Waals surface area contributed by atoms with Gasteiger partial charge in [-0.15, -0.1) is 0 Å². The summed E-state index contributed by atoms with van der Waals surface area (Å²) in [6.45, 7) is 7.07. The van der Waals surface area contributed by atoms with Crippen LogP contribution >= 0.6 is 0 Å². The third kappa shape index (κ3) is 3.07. The molecule has 0 saturated carbocycles. The molecule has 20 heavy (non-hydrogen) atoms. The lowest BCUT2D eigenvalue weighted by molar-refractivity contribution is 0.410. The van der Waals surface area contributed by atoms with Gasteiger partial charge in [0, 0.05) is 22.1 Å². The molecule has 0 bridgehead atoms. The summed E-state index contributed by atoms with van der Waals surface area (Å²) in [6, 6.07) is 6.43. The Hall–Kier alpha value is -0.870. The van der Waals surface area contributed by atoms with Gasteiger partial charge in [-0.3, -0.25) is 4.21 Å². The topological polar surface area (TPSA) is 38.3 Å². The van der Waals surface area contributed by atoms with Gasteiger partial charge >= 0.3 is 0 Å². The lowest BCUT2D eigenvalue weighted by Crippen LogP contribution is -2.40. The van der Waals surface area contributed by atoms with Crippen molar-refractivity contribution >= 4 is 10.8 Å². The van der Waals surface area contributed by atoms with Crippen LogP contribution in [0.1, 0.15) is 44.4 Å². The van der Waals surface area contributed by atoms with Gasteiger partial charge in [0.2, 0.25) is 0 Å². The van der Waals surface area contributed by atoms with Gasteiger partial charge in [-0.2, -0.15) is 0 Å². The summed E-state index contributed by atoms with van der Waals surface area (Å²) in [5.74, 6) is 0.877. The monoisotopic (exact) mass is 295 g/mol. The zero-order valence-corrected chi connectivity index (χ0v) is 13.6. The fraction of sp³-hybridized carbons (Fsp3) is 0.625. The molecule has 1 aromatic carbocycles. The molecule has 1 aliphatic rings. The quantitative estimate of drug-likeness (QED) is 0.908. The number of hydrogen-bond donors (Lipinski definition) is 1. The average molecular weight is 295 g/mol. The summed E-state index contributed by atoms with van der Waals surface area (Å²) in [6.07, 6.45) is 1.99. The number of benzene rings is 1. The van der Waals surface area contributed by atoms with Crippen molar-refractivity contribution < 1.29 is 8.95 Å². The van der Waals surface area contributed by atoms with Crippen LogP contribution in [0.15, 0.2) is 18.2 Å². The van der Waals surface area contributed by atoms with Crippen LogP contribution in [-0.2, 0) is 17.2 Å². The summed E-state index contributed by atoms with van der Waals surface area (Å²) >= 11 is 0. The highest BCUT2D eigenvalue weighted by atomic mass is 32.2. The first-order valence-corrected chi connectivity index (χ1v) is 8.65. The first-order chi connectivity index (χ1) is 9.58. The van der Waals surface area contributed by atoms with Crippen LogP contribution in [0.25, 0.3) is 0 Å². The van der Waals surface area contributed by atoms with Crippen molar-refractivity contribution in [2.45, 2.75) is 50.2 Å². The number of fused-ring (bicyclic) bond motifs is 1. The second kappa shape index (κ2) is 6.72. The molecule has 3 atom stereocenters. The second-order valence-corrected chi connectivity index (χ2v) is 7.76. The molecule has 0 radical (unpaired) electrons. The van der Waals surface area contributed by atoms with Gasteiger partial charge < -0.3 is 10.1 Å². The van der Waals surface area contributed by atoms with E-state index in [0.29, 0.717) is 0 Å². The zero-order valence-electron chi connectivity index (χ0n) is 12.8. The minimum atomic E-state index is -0.809. The van der Waals surface area contributed by atoms with Crippen LogP contribution in [0.4, 0.5) is 0 Å². The van der Waals surface area contributed by atoms with Crippen molar-refractivity contribution in [3.63, 3.8) is 0 Å². The van der Waals surface area contributed by atoms with Gasteiger partial charge in [0.05, 0.1) is 12.4 Å². The van der Waals surface area contributed by atoms with Crippen molar-refractivity contribution in [3.8, 4) is 5.75 Å². The van der Waals surface area contributed by atoms with Gasteiger partial charge in [0.1, 0.15) is 5.75 Å². The molecule has 1 aromatic rings. The van der Waals surface area contributed by atoms with E-state index in [2.05, 4.69) is 24.4 Å². The van der Waals surface area contributed by atoms with E-state index in [1.54, 1.807) is 7.11 Å². The Bertz CT molecular complexity index is 487. The van der Waals surface area contributed by atoms with E-state index in [0.717, 1.165) is 25.1 Å². The van der Waals surface area contributed by atoms with Crippen molar-refractivity contribution in [1.82, 2.24) is 5.32 Å². The molecule has 3 nitrogen and oxygen atoms in total. The Balaban J connectivity index is 2.38. The molecular formula is C16H25NO2S. The van der Waals surface area contributed by atoms with E-state index in [1.807, 2.05) is 19.9 Å². The summed E-state index contributed by atoms with van der Waals surface area (Å²) in [5, 5.41) is 3.92. The number of methoxy groups -OCH3 is 1. The molecule has 3 unspecified atom stereocenters. The van der Waals surface area contributed by atoms with E-state index in [4.69, 9.17) is 4.74 Å². The predicted octanol–water partition coefficient (Wildman–Crippen LogP) is 2.82. The second-order valence-electron chi connectivity index (χ2n) is 5.55. The average Bonchev–Trinajstić information content (AvgIpc) is 2.46. The van der Waals surface area contributed by atoms with Gasteiger partial charge in [-0.1, -0.05) is 26.8 Å². The molecule has 0 fully saturated rings. The van der Waals surface area contributed by atoms with E-state index in [9.17, 15) is 4.21 Å². The van der Waals surface area contributed by atoms with Crippen LogP contribution < -0.4 is 10.1 Å². The molecule has 0 aromatic heterocycles. The highest BCUT2D eigenvalue weighted by molar-refractivity contribution is 7.86. The Labute approximate surface area is 124 Å². The number of aryl methyl sites for hydroxylation is 1. The number of hydrogen-bond acceptors (Lipinski definition) is 3. The highest BCUT2D eigenvalue weighted by Gasteiger charge is 2.34. The van der Waals surface area contributed by atoms with Gasteiger partial charge in [-0.05, 0) is 42.6 Å². The molecule has 0 amide bonds. The fourth-order valence-electron chi connectivity index (χ4n) is 2.94. The molecule has 112 valence electrons.